The quantitative estimate of drug-likeness (QED) is 0.852. The molecule has 0 aromatic heterocycles. The molecule has 0 saturated carbocycles. The van der Waals surface area contributed by atoms with E-state index >= 15 is 0 Å². The van der Waals surface area contributed by atoms with Crippen molar-refractivity contribution in [3.63, 3.8) is 0 Å². The summed E-state index contributed by atoms with van der Waals surface area (Å²) in [4.78, 5) is 11.3. The Hall–Kier alpha value is -2.61. The van der Waals surface area contributed by atoms with Gasteiger partial charge in [0.25, 0.3) is 0 Å². The van der Waals surface area contributed by atoms with E-state index in [0.29, 0.717) is 11.1 Å². The highest BCUT2D eigenvalue weighted by molar-refractivity contribution is 7.91. The van der Waals surface area contributed by atoms with Crippen molar-refractivity contribution in [2.24, 2.45) is 0 Å². The maximum absolute atomic E-state index is 12.7. The number of benzene rings is 2. The lowest BCUT2D eigenvalue weighted by atomic mass is 10.00. The van der Waals surface area contributed by atoms with Gasteiger partial charge in [-0.3, -0.25) is 0 Å². The van der Waals surface area contributed by atoms with Crippen LogP contribution in [-0.4, -0.2) is 25.2 Å². The number of carbonyl (C=O) groups is 1. The summed E-state index contributed by atoms with van der Waals surface area (Å²) < 4.78 is 62.6. The molecular formula is C18H13F3O4S. The second kappa shape index (κ2) is 6.28. The third-order valence-electron chi connectivity index (χ3n) is 4.13. The largest absolute Gasteiger partial charge is 0.478 e. The first-order chi connectivity index (χ1) is 12.1. The number of sulfone groups is 1. The monoisotopic (exact) mass is 382 g/mol. The summed E-state index contributed by atoms with van der Waals surface area (Å²) in [5.41, 5.74) is 0.365. The molecular weight excluding hydrogens is 369 g/mol. The van der Waals surface area contributed by atoms with E-state index in [0.717, 1.165) is 12.1 Å². The third kappa shape index (κ3) is 3.50. The van der Waals surface area contributed by atoms with E-state index < -0.39 is 27.5 Å². The average Bonchev–Trinajstić information content (AvgIpc) is 2.70. The number of hydrogen-bond donors (Lipinski definition) is 1. The Balaban J connectivity index is 2.10. The lowest BCUT2D eigenvalue weighted by Crippen LogP contribution is -2.08. The van der Waals surface area contributed by atoms with Crippen LogP contribution in [0.25, 0.3) is 17.2 Å². The molecule has 1 aliphatic rings. The van der Waals surface area contributed by atoms with Gasteiger partial charge < -0.3 is 5.11 Å². The van der Waals surface area contributed by atoms with Gasteiger partial charge in [0.2, 0.25) is 0 Å². The standard InChI is InChI=1S/C18H13F3O4S/c19-18(20,21)15-4-1-11(2-5-15)12-3-6-16-14(9-12)10-13(17(22)23)7-8-26(16,24)25/h1-6,9-10H,7-8H2,(H,22,23). The summed E-state index contributed by atoms with van der Waals surface area (Å²) in [5.74, 6) is -1.51. The molecule has 0 bridgehead atoms. The fourth-order valence-corrected chi connectivity index (χ4v) is 4.22. The number of alkyl halides is 3. The fraction of sp³-hybridized carbons (Fsp3) is 0.167. The van der Waals surface area contributed by atoms with Crippen LogP contribution in [0.3, 0.4) is 0 Å². The Morgan fingerprint density at radius 1 is 1.00 bits per heavy atom. The van der Waals surface area contributed by atoms with Gasteiger partial charge in [0, 0.05) is 5.57 Å². The summed E-state index contributed by atoms with van der Waals surface area (Å²) in [6.07, 6.45) is -3.25. The Morgan fingerprint density at radius 2 is 1.62 bits per heavy atom. The average molecular weight is 382 g/mol. The van der Waals surface area contributed by atoms with Gasteiger partial charge in [-0.05, 0) is 53.5 Å². The van der Waals surface area contributed by atoms with Crippen LogP contribution in [0.5, 0.6) is 0 Å². The third-order valence-corrected chi connectivity index (χ3v) is 5.92. The minimum Gasteiger partial charge on any atom is -0.478 e. The van der Waals surface area contributed by atoms with Crippen molar-refractivity contribution in [2.45, 2.75) is 17.5 Å². The molecule has 0 unspecified atom stereocenters. The number of halogens is 3. The van der Waals surface area contributed by atoms with Gasteiger partial charge in [-0.15, -0.1) is 0 Å². The SMILES string of the molecule is O=C(O)C1=Cc2cc(-c3ccc(C(F)(F)F)cc3)ccc2S(=O)(=O)CC1. The molecule has 0 amide bonds. The van der Waals surface area contributed by atoms with Crippen LogP contribution in [0.2, 0.25) is 0 Å². The summed E-state index contributed by atoms with van der Waals surface area (Å²) >= 11 is 0. The van der Waals surface area contributed by atoms with Crippen LogP contribution in [0.4, 0.5) is 13.2 Å². The molecule has 1 N–H and O–H groups in total. The molecule has 26 heavy (non-hydrogen) atoms. The normalized spacial score (nSPS) is 16.3. The zero-order valence-corrected chi connectivity index (χ0v) is 14.1. The fourth-order valence-electron chi connectivity index (χ4n) is 2.76. The van der Waals surface area contributed by atoms with Crippen LogP contribution in [0.1, 0.15) is 17.5 Å². The van der Waals surface area contributed by atoms with Crippen molar-refractivity contribution in [1.29, 1.82) is 0 Å². The maximum atomic E-state index is 12.7. The van der Waals surface area contributed by atoms with E-state index in [1.54, 1.807) is 0 Å². The highest BCUT2D eigenvalue weighted by Gasteiger charge is 2.30. The Morgan fingerprint density at radius 3 is 2.19 bits per heavy atom. The van der Waals surface area contributed by atoms with Crippen LogP contribution < -0.4 is 0 Å². The molecule has 0 radical (unpaired) electrons. The predicted octanol–water partition coefficient (Wildman–Crippen LogP) is 4.02. The number of hydrogen-bond acceptors (Lipinski definition) is 3. The molecule has 1 heterocycles. The molecule has 0 aliphatic carbocycles. The lowest BCUT2D eigenvalue weighted by molar-refractivity contribution is -0.137. The molecule has 136 valence electrons. The van der Waals surface area contributed by atoms with Gasteiger partial charge in [-0.1, -0.05) is 18.2 Å². The zero-order chi connectivity index (χ0) is 19.1. The first kappa shape index (κ1) is 18.2. The molecule has 0 spiro atoms. The second-order valence-corrected chi connectivity index (χ2v) is 7.95. The zero-order valence-electron chi connectivity index (χ0n) is 13.2. The highest BCUT2D eigenvalue weighted by atomic mass is 32.2. The lowest BCUT2D eigenvalue weighted by Gasteiger charge is -2.10. The first-order valence-electron chi connectivity index (χ1n) is 7.56. The molecule has 8 heteroatoms. The number of carboxylic acids is 1. The van der Waals surface area contributed by atoms with Gasteiger partial charge >= 0.3 is 12.1 Å². The smallest absolute Gasteiger partial charge is 0.416 e. The van der Waals surface area contributed by atoms with Crippen molar-refractivity contribution in [3.8, 4) is 11.1 Å². The molecule has 4 nitrogen and oxygen atoms in total. The van der Waals surface area contributed by atoms with E-state index in [2.05, 4.69) is 0 Å². The van der Waals surface area contributed by atoms with Crippen LogP contribution >= 0.6 is 0 Å². The minimum atomic E-state index is -4.44. The summed E-state index contributed by atoms with van der Waals surface area (Å²) in [6, 6.07) is 8.79. The van der Waals surface area contributed by atoms with Crippen LogP contribution in [0.15, 0.2) is 52.9 Å². The first-order valence-corrected chi connectivity index (χ1v) is 9.21. The summed E-state index contributed by atoms with van der Waals surface area (Å²) in [5, 5.41) is 9.18. The van der Waals surface area contributed by atoms with Crippen molar-refractivity contribution in [3.05, 3.63) is 59.2 Å². The molecule has 2 aromatic rings. The Labute approximate surface area is 147 Å². The molecule has 2 aromatic carbocycles. The van der Waals surface area contributed by atoms with Crippen molar-refractivity contribution >= 4 is 21.9 Å². The Kier molecular flexibility index (Phi) is 4.39. The van der Waals surface area contributed by atoms with Gasteiger partial charge in [0.1, 0.15) is 0 Å². The van der Waals surface area contributed by atoms with Gasteiger partial charge in [-0.2, -0.15) is 13.2 Å². The molecule has 0 fully saturated rings. The van der Waals surface area contributed by atoms with Gasteiger partial charge in [-0.25, -0.2) is 13.2 Å². The van der Waals surface area contributed by atoms with Gasteiger partial charge in [0.05, 0.1) is 16.2 Å². The van der Waals surface area contributed by atoms with E-state index in [-0.39, 0.29) is 28.2 Å². The van der Waals surface area contributed by atoms with Crippen LogP contribution in [0, 0.1) is 0 Å². The summed E-state index contributed by atoms with van der Waals surface area (Å²) in [7, 11) is -3.63. The minimum absolute atomic E-state index is 0.0180. The molecule has 1 aliphatic heterocycles. The number of fused-ring (bicyclic) bond motifs is 1. The maximum Gasteiger partial charge on any atom is 0.416 e. The highest BCUT2D eigenvalue weighted by Crippen LogP contribution is 2.33. The molecule has 0 saturated heterocycles. The van der Waals surface area contributed by atoms with Crippen LogP contribution in [-0.2, 0) is 20.8 Å². The molecule has 3 rings (SSSR count). The Bertz CT molecular complexity index is 1000. The topological polar surface area (TPSA) is 71.4 Å². The number of carboxylic acid groups (broad SMARTS) is 1. The second-order valence-electron chi connectivity index (χ2n) is 5.87. The van der Waals surface area contributed by atoms with E-state index in [9.17, 15) is 31.5 Å². The predicted molar refractivity (Wildman–Crippen MR) is 89.2 cm³/mol. The van der Waals surface area contributed by atoms with Crippen molar-refractivity contribution < 1.29 is 31.5 Å². The van der Waals surface area contributed by atoms with Crippen molar-refractivity contribution in [2.75, 3.05) is 5.75 Å². The summed E-state index contributed by atoms with van der Waals surface area (Å²) in [6.45, 7) is 0. The molecule has 0 atom stereocenters. The van der Waals surface area contributed by atoms with E-state index in [4.69, 9.17) is 0 Å². The van der Waals surface area contributed by atoms with Gasteiger partial charge in [0.15, 0.2) is 9.84 Å². The van der Waals surface area contributed by atoms with E-state index in [1.807, 2.05) is 0 Å². The van der Waals surface area contributed by atoms with Crippen molar-refractivity contribution in [1.82, 2.24) is 0 Å². The number of aliphatic carboxylic acids is 1. The number of rotatable bonds is 2. The van der Waals surface area contributed by atoms with E-state index in [1.165, 1.54) is 36.4 Å².